The van der Waals surface area contributed by atoms with Crippen LogP contribution >= 0.6 is 0 Å². The molecule has 0 radical (unpaired) electrons. The van der Waals surface area contributed by atoms with Gasteiger partial charge in [0.2, 0.25) is 0 Å². The lowest BCUT2D eigenvalue weighted by Gasteiger charge is -2.32. The van der Waals surface area contributed by atoms with Crippen LogP contribution in [0.2, 0.25) is 0 Å². The average molecular weight is 320 g/mol. The number of alkyl halides is 3. The molecule has 0 aromatic heterocycles. The van der Waals surface area contributed by atoms with Crippen LogP contribution in [0, 0.1) is 10.1 Å². The molecule has 0 spiro atoms. The quantitative estimate of drug-likeness (QED) is 0.658. The Morgan fingerprint density at radius 1 is 1.36 bits per heavy atom. The number of nitro groups is 1. The minimum atomic E-state index is -4.65. The highest BCUT2D eigenvalue weighted by atomic mass is 19.4. The van der Waals surface area contributed by atoms with E-state index >= 15 is 0 Å². The number of hydrogen-bond acceptors (Lipinski definition) is 5. The Hall–Kier alpha value is -1.87. The number of anilines is 1. The zero-order chi connectivity index (χ0) is 16.4. The van der Waals surface area contributed by atoms with E-state index in [2.05, 4.69) is 5.32 Å². The third-order valence-corrected chi connectivity index (χ3v) is 3.55. The van der Waals surface area contributed by atoms with Crippen molar-refractivity contribution in [2.75, 3.05) is 25.1 Å². The molecule has 122 valence electrons. The van der Waals surface area contributed by atoms with E-state index in [0.29, 0.717) is 32.1 Å². The first-order valence-corrected chi connectivity index (χ1v) is 6.61. The highest BCUT2D eigenvalue weighted by Gasteiger charge is 2.34. The summed E-state index contributed by atoms with van der Waals surface area (Å²) in [5, 5.41) is 23.9. The van der Waals surface area contributed by atoms with Crippen LogP contribution < -0.4 is 5.32 Å². The zero-order valence-electron chi connectivity index (χ0n) is 11.5. The maximum absolute atomic E-state index is 12.6. The number of nitrogens with one attached hydrogen (secondary N) is 1. The number of ether oxygens (including phenoxy) is 1. The van der Waals surface area contributed by atoms with E-state index in [0.717, 1.165) is 12.1 Å². The van der Waals surface area contributed by atoms with E-state index in [1.165, 1.54) is 0 Å². The highest BCUT2D eigenvalue weighted by Crippen LogP contribution is 2.35. The third-order valence-electron chi connectivity index (χ3n) is 3.55. The topological polar surface area (TPSA) is 84.6 Å². The smallest absolute Gasteiger partial charge is 0.388 e. The summed E-state index contributed by atoms with van der Waals surface area (Å²) in [5.74, 6) is 0. The largest absolute Gasteiger partial charge is 0.416 e. The van der Waals surface area contributed by atoms with Gasteiger partial charge in [0.05, 0.1) is 16.1 Å². The van der Waals surface area contributed by atoms with E-state index in [1.807, 2.05) is 0 Å². The fraction of sp³-hybridized carbons (Fsp3) is 0.538. The van der Waals surface area contributed by atoms with Crippen molar-refractivity contribution in [2.24, 2.45) is 0 Å². The lowest BCUT2D eigenvalue weighted by atomic mass is 9.94. The molecule has 1 aromatic rings. The summed E-state index contributed by atoms with van der Waals surface area (Å²) in [6, 6.07) is 2.25. The van der Waals surface area contributed by atoms with Gasteiger partial charge >= 0.3 is 6.18 Å². The molecule has 0 atom stereocenters. The van der Waals surface area contributed by atoms with Crippen LogP contribution in [-0.2, 0) is 10.9 Å². The van der Waals surface area contributed by atoms with Crippen LogP contribution in [0.15, 0.2) is 18.2 Å². The summed E-state index contributed by atoms with van der Waals surface area (Å²) in [6.45, 7) is 0.739. The van der Waals surface area contributed by atoms with Crippen LogP contribution in [0.5, 0.6) is 0 Å². The molecule has 0 aliphatic carbocycles. The predicted octanol–water partition coefficient (Wildman–Crippen LogP) is 2.57. The molecule has 1 fully saturated rings. The molecule has 0 bridgehead atoms. The number of halogens is 3. The first-order valence-electron chi connectivity index (χ1n) is 6.61. The standard InChI is InChI=1S/C13H15F3N2O4/c14-13(15,16)9-1-2-10(11(7-9)18(20)21)17-8-12(19)3-5-22-6-4-12/h1-2,7,17,19H,3-6,8H2. The fourth-order valence-electron chi connectivity index (χ4n) is 2.20. The van der Waals surface area contributed by atoms with E-state index in [-0.39, 0.29) is 12.2 Å². The highest BCUT2D eigenvalue weighted by molar-refractivity contribution is 5.63. The van der Waals surface area contributed by atoms with Gasteiger partial charge in [-0.2, -0.15) is 13.2 Å². The molecule has 2 rings (SSSR count). The van der Waals surface area contributed by atoms with Crippen LogP contribution in [0.25, 0.3) is 0 Å². The van der Waals surface area contributed by atoms with Gasteiger partial charge in [-0.15, -0.1) is 0 Å². The van der Waals surface area contributed by atoms with Crippen molar-refractivity contribution in [1.82, 2.24) is 0 Å². The molecule has 22 heavy (non-hydrogen) atoms. The van der Waals surface area contributed by atoms with Crippen LogP contribution in [0.4, 0.5) is 24.5 Å². The normalized spacial score (nSPS) is 18.0. The molecule has 0 unspecified atom stereocenters. The molecule has 1 heterocycles. The van der Waals surface area contributed by atoms with E-state index in [9.17, 15) is 28.4 Å². The SMILES string of the molecule is O=[N+]([O-])c1cc(C(F)(F)F)ccc1NCC1(O)CCOCC1. The second-order valence-corrected chi connectivity index (χ2v) is 5.18. The lowest BCUT2D eigenvalue weighted by molar-refractivity contribution is -0.384. The molecule has 1 saturated heterocycles. The maximum atomic E-state index is 12.6. The molecule has 0 saturated carbocycles. The molecule has 0 amide bonds. The molecular formula is C13H15F3N2O4. The van der Waals surface area contributed by atoms with Gasteiger partial charge in [0.1, 0.15) is 5.69 Å². The number of benzene rings is 1. The average Bonchev–Trinajstić information content (AvgIpc) is 2.44. The minimum absolute atomic E-state index is 0.00254. The van der Waals surface area contributed by atoms with Crippen molar-refractivity contribution in [3.8, 4) is 0 Å². The van der Waals surface area contributed by atoms with Gasteiger partial charge in [0.25, 0.3) is 5.69 Å². The summed E-state index contributed by atoms with van der Waals surface area (Å²) >= 11 is 0. The van der Waals surface area contributed by atoms with Crippen molar-refractivity contribution >= 4 is 11.4 Å². The van der Waals surface area contributed by atoms with Gasteiger partial charge in [-0.3, -0.25) is 10.1 Å². The summed E-state index contributed by atoms with van der Waals surface area (Å²) < 4.78 is 42.9. The predicted molar refractivity (Wildman–Crippen MR) is 71.6 cm³/mol. The van der Waals surface area contributed by atoms with E-state index < -0.39 is 28.0 Å². The maximum Gasteiger partial charge on any atom is 0.416 e. The molecule has 6 nitrogen and oxygen atoms in total. The Labute approximate surface area is 124 Å². The monoisotopic (exact) mass is 320 g/mol. The molecule has 9 heteroatoms. The van der Waals surface area contributed by atoms with Gasteiger partial charge in [-0.1, -0.05) is 0 Å². The number of nitrogens with zero attached hydrogens (tertiary/aromatic N) is 1. The van der Waals surface area contributed by atoms with Crippen molar-refractivity contribution in [2.45, 2.75) is 24.6 Å². The van der Waals surface area contributed by atoms with Gasteiger partial charge < -0.3 is 15.2 Å². The summed E-state index contributed by atoms with van der Waals surface area (Å²) in [5.41, 5.74) is -2.91. The number of hydrogen-bond donors (Lipinski definition) is 2. The Morgan fingerprint density at radius 2 is 2.00 bits per heavy atom. The van der Waals surface area contributed by atoms with Gasteiger partial charge in [-0.05, 0) is 12.1 Å². The minimum Gasteiger partial charge on any atom is -0.388 e. The Balaban J connectivity index is 2.18. The van der Waals surface area contributed by atoms with Crippen molar-refractivity contribution in [1.29, 1.82) is 0 Å². The van der Waals surface area contributed by atoms with Crippen molar-refractivity contribution in [3.63, 3.8) is 0 Å². The number of rotatable bonds is 4. The fourth-order valence-corrected chi connectivity index (χ4v) is 2.20. The second-order valence-electron chi connectivity index (χ2n) is 5.18. The molecule has 1 aliphatic heterocycles. The third kappa shape index (κ3) is 3.86. The molecular weight excluding hydrogens is 305 g/mol. The van der Waals surface area contributed by atoms with Gasteiger partial charge in [0.15, 0.2) is 0 Å². The number of aliphatic hydroxyl groups is 1. The summed E-state index contributed by atoms with van der Waals surface area (Å²) in [4.78, 5) is 10.1. The van der Waals surface area contributed by atoms with E-state index in [4.69, 9.17) is 4.74 Å². The van der Waals surface area contributed by atoms with Crippen LogP contribution in [0.3, 0.4) is 0 Å². The van der Waals surface area contributed by atoms with Crippen LogP contribution in [-0.4, -0.2) is 35.4 Å². The summed E-state index contributed by atoms with van der Waals surface area (Å²) in [7, 11) is 0. The second kappa shape index (κ2) is 6.09. The van der Waals surface area contributed by atoms with E-state index in [1.54, 1.807) is 0 Å². The van der Waals surface area contributed by atoms with Crippen LogP contribution in [0.1, 0.15) is 18.4 Å². The first-order chi connectivity index (χ1) is 10.2. The summed E-state index contributed by atoms with van der Waals surface area (Å²) in [6.07, 6.45) is -3.94. The van der Waals surface area contributed by atoms with Gasteiger partial charge in [-0.25, -0.2) is 0 Å². The van der Waals surface area contributed by atoms with Crippen molar-refractivity contribution < 1.29 is 27.9 Å². The molecule has 1 aromatic carbocycles. The van der Waals surface area contributed by atoms with Crippen molar-refractivity contribution in [3.05, 3.63) is 33.9 Å². The Kier molecular flexibility index (Phi) is 4.57. The Bertz CT molecular complexity index is 557. The van der Waals surface area contributed by atoms with Gasteiger partial charge in [0, 0.05) is 38.7 Å². The molecule has 2 N–H and O–H groups in total. The number of nitro benzene ring substituents is 1. The lowest BCUT2D eigenvalue weighted by Crippen LogP contribution is -2.42. The zero-order valence-corrected chi connectivity index (χ0v) is 11.5. The first kappa shape index (κ1) is 16.5. The Morgan fingerprint density at radius 3 is 2.55 bits per heavy atom. The molecule has 1 aliphatic rings.